The third kappa shape index (κ3) is 4.37. The van der Waals surface area contributed by atoms with Gasteiger partial charge in [0.05, 0.1) is 13.7 Å². The molecule has 6 nitrogen and oxygen atoms in total. The summed E-state index contributed by atoms with van der Waals surface area (Å²) >= 11 is 1.37. The van der Waals surface area contributed by atoms with Crippen LogP contribution in [0.4, 0.5) is 5.00 Å². The van der Waals surface area contributed by atoms with Gasteiger partial charge in [0.2, 0.25) is 5.91 Å². The molecule has 2 aliphatic heterocycles. The maximum Gasteiger partial charge on any atom is 0.341 e. The first kappa shape index (κ1) is 20.1. The molecule has 2 aromatic rings. The summed E-state index contributed by atoms with van der Waals surface area (Å²) in [7, 11) is 1.37. The van der Waals surface area contributed by atoms with Crippen molar-refractivity contribution in [1.82, 2.24) is 9.80 Å². The van der Waals surface area contributed by atoms with E-state index < -0.39 is 5.97 Å². The van der Waals surface area contributed by atoms with E-state index in [9.17, 15) is 9.59 Å². The molecular formula is C22H27N3O3S. The molecule has 154 valence electrons. The van der Waals surface area contributed by atoms with E-state index in [0.717, 1.165) is 36.3 Å². The zero-order valence-corrected chi connectivity index (χ0v) is 17.8. The minimum absolute atomic E-state index is 0.0843. The maximum atomic E-state index is 12.7. The van der Waals surface area contributed by atoms with Gasteiger partial charge in [0.25, 0.3) is 0 Å². The Hall–Kier alpha value is -2.22. The fourth-order valence-corrected chi connectivity index (χ4v) is 5.24. The number of ether oxygens (including phenoxy) is 1. The number of rotatable bonds is 5. The summed E-state index contributed by atoms with van der Waals surface area (Å²) < 4.78 is 5.00. The van der Waals surface area contributed by atoms with E-state index >= 15 is 0 Å². The Morgan fingerprint density at radius 2 is 2.00 bits per heavy atom. The first-order valence-corrected chi connectivity index (χ1v) is 11.0. The van der Waals surface area contributed by atoms with Crippen LogP contribution in [0.5, 0.6) is 0 Å². The van der Waals surface area contributed by atoms with Crippen LogP contribution >= 0.6 is 11.3 Å². The molecule has 2 fully saturated rings. The summed E-state index contributed by atoms with van der Waals surface area (Å²) in [5.41, 5.74) is 3.30. The second-order valence-corrected chi connectivity index (χ2v) is 8.71. The lowest BCUT2D eigenvalue weighted by Gasteiger charge is -2.37. The van der Waals surface area contributed by atoms with Crippen LogP contribution in [0.3, 0.4) is 0 Å². The summed E-state index contributed by atoms with van der Waals surface area (Å²) in [5.74, 6) is -0.518. The van der Waals surface area contributed by atoms with Crippen molar-refractivity contribution in [2.75, 3.05) is 45.2 Å². The number of carbonyl (C=O) groups excluding carboxylic acids is 2. The Balaban J connectivity index is 1.48. The fraction of sp³-hybridized carbons (Fsp3) is 0.455. The Kier molecular flexibility index (Phi) is 5.99. The van der Waals surface area contributed by atoms with Gasteiger partial charge in [-0.1, -0.05) is 29.8 Å². The Bertz CT molecular complexity index is 893. The lowest BCUT2D eigenvalue weighted by Crippen LogP contribution is -2.51. The molecule has 1 amide bonds. The van der Waals surface area contributed by atoms with Gasteiger partial charge in [-0.05, 0) is 31.9 Å². The van der Waals surface area contributed by atoms with Gasteiger partial charge in [-0.15, -0.1) is 11.3 Å². The number of thiophene rings is 1. The summed E-state index contributed by atoms with van der Waals surface area (Å²) in [6.07, 6.45) is 2.47. The number of benzene rings is 1. The van der Waals surface area contributed by atoms with Crippen molar-refractivity contribution >= 4 is 28.2 Å². The van der Waals surface area contributed by atoms with Gasteiger partial charge in [-0.25, -0.2) is 4.79 Å². The highest BCUT2D eigenvalue weighted by molar-refractivity contribution is 7.15. The van der Waals surface area contributed by atoms with Crippen molar-refractivity contribution in [2.24, 2.45) is 0 Å². The van der Waals surface area contributed by atoms with Crippen LogP contribution < -0.4 is 5.32 Å². The number of anilines is 1. The minimum Gasteiger partial charge on any atom is -0.465 e. The van der Waals surface area contributed by atoms with E-state index in [0.29, 0.717) is 23.2 Å². The number of nitrogens with zero attached hydrogens (tertiary/aromatic N) is 2. The summed E-state index contributed by atoms with van der Waals surface area (Å²) in [5, 5.41) is 5.42. The van der Waals surface area contributed by atoms with E-state index in [2.05, 4.69) is 15.1 Å². The molecule has 0 bridgehead atoms. The zero-order chi connectivity index (χ0) is 20.4. The molecule has 0 saturated carbocycles. The zero-order valence-electron chi connectivity index (χ0n) is 16.9. The first-order chi connectivity index (χ1) is 14.0. The number of esters is 1. The monoisotopic (exact) mass is 413 g/mol. The first-order valence-electron chi connectivity index (χ1n) is 10.1. The minimum atomic E-state index is -0.434. The van der Waals surface area contributed by atoms with Crippen molar-refractivity contribution < 1.29 is 14.3 Å². The molecule has 29 heavy (non-hydrogen) atoms. The second kappa shape index (κ2) is 8.65. The van der Waals surface area contributed by atoms with Crippen molar-refractivity contribution in [2.45, 2.75) is 25.8 Å². The van der Waals surface area contributed by atoms with Crippen molar-refractivity contribution in [3.05, 3.63) is 40.8 Å². The van der Waals surface area contributed by atoms with Crippen molar-refractivity contribution in [1.29, 1.82) is 0 Å². The number of hydrogen-bond acceptors (Lipinski definition) is 6. The SMILES string of the molecule is COC(=O)c1c(-c2ccc(C)cc2)csc1NC(=O)CN1CCN2CCCC2C1. The molecule has 0 spiro atoms. The van der Waals surface area contributed by atoms with Gasteiger partial charge >= 0.3 is 5.97 Å². The average molecular weight is 414 g/mol. The van der Waals surface area contributed by atoms with E-state index in [1.165, 1.54) is 37.8 Å². The molecule has 1 aromatic heterocycles. The summed E-state index contributed by atoms with van der Waals surface area (Å²) in [6.45, 7) is 6.44. The predicted octanol–water partition coefficient (Wildman–Crippen LogP) is 3.23. The fourth-order valence-electron chi connectivity index (χ4n) is 4.27. The molecular weight excluding hydrogens is 386 g/mol. The van der Waals surface area contributed by atoms with Crippen LogP contribution in [0.15, 0.2) is 29.6 Å². The smallest absolute Gasteiger partial charge is 0.341 e. The molecule has 7 heteroatoms. The lowest BCUT2D eigenvalue weighted by molar-refractivity contribution is -0.117. The van der Waals surface area contributed by atoms with Gasteiger partial charge < -0.3 is 10.1 Å². The van der Waals surface area contributed by atoms with Crippen LogP contribution in [-0.2, 0) is 9.53 Å². The number of aryl methyl sites for hydroxylation is 1. The van der Waals surface area contributed by atoms with Gasteiger partial charge in [0.1, 0.15) is 10.6 Å². The number of amides is 1. The molecule has 1 unspecified atom stereocenters. The second-order valence-electron chi connectivity index (χ2n) is 7.83. The van der Waals surface area contributed by atoms with Gasteiger partial charge in [0, 0.05) is 36.6 Å². The molecule has 2 saturated heterocycles. The molecule has 0 radical (unpaired) electrons. The van der Waals surface area contributed by atoms with Crippen LogP contribution in [0.2, 0.25) is 0 Å². The summed E-state index contributed by atoms with van der Waals surface area (Å²) in [6, 6.07) is 8.56. The van der Waals surface area contributed by atoms with Crippen LogP contribution in [-0.4, -0.2) is 67.6 Å². The highest BCUT2D eigenvalue weighted by atomic mass is 32.1. The van der Waals surface area contributed by atoms with Gasteiger partial charge in [-0.3, -0.25) is 14.6 Å². The molecule has 2 aliphatic rings. The van der Waals surface area contributed by atoms with E-state index in [1.54, 1.807) is 0 Å². The van der Waals surface area contributed by atoms with Crippen LogP contribution in [0.1, 0.15) is 28.8 Å². The van der Waals surface area contributed by atoms with Crippen molar-refractivity contribution in [3.8, 4) is 11.1 Å². The third-order valence-electron chi connectivity index (χ3n) is 5.83. The van der Waals surface area contributed by atoms with E-state index in [4.69, 9.17) is 4.74 Å². The molecule has 1 atom stereocenters. The Morgan fingerprint density at radius 3 is 2.76 bits per heavy atom. The Morgan fingerprint density at radius 1 is 1.21 bits per heavy atom. The van der Waals surface area contributed by atoms with Gasteiger partial charge in [0.15, 0.2) is 0 Å². The van der Waals surface area contributed by atoms with E-state index in [-0.39, 0.29) is 5.91 Å². The average Bonchev–Trinajstić information content (AvgIpc) is 3.34. The quantitative estimate of drug-likeness (QED) is 0.763. The lowest BCUT2D eigenvalue weighted by atomic mass is 10.0. The van der Waals surface area contributed by atoms with Crippen molar-refractivity contribution in [3.63, 3.8) is 0 Å². The molecule has 4 rings (SSSR count). The number of hydrogen-bond donors (Lipinski definition) is 1. The molecule has 0 aliphatic carbocycles. The highest BCUT2D eigenvalue weighted by Gasteiger charge is 2.31. The number of methoxy groups -OCH3 is 1. The number of piperazine rings is 1. The maximum absolute atomic E-state index is 12.7. The Labute approximate surface area is 175 Å². The predicted molar refractivity (Wildman–Crippen MR) is 115 cm³/mol. The largest absolute Gasteiger partial charge is 0.465 e. The number of nitrogens with one attached hydrogen (secondary N) is 1. The number of carbonyl (C=O) groups is 2. The summed E-state index contributed by atoms with van der Waals surface area (Å²) in [4.78, 5) is 29.9. The van der Waals surface area contributed by atoms with Crippen LogP contribution in [0, 0.1) is 6.92 Å². The van der Waals surface area contributed by atoms with E-state index in [1.807, 2.05) is 36.6 Å². The molecule has 3 heterocycles. The standard InChI is InChI=1S/C22H27N3O3S/c1-15-5-7-16(8-6-15)18-14-29-21(20(18)22(27)28-2)23-19(26)13-24-10-11-25-9-3-4-17(25)12-24/h5-8,14,17H,3-4,9-13H2,1-2H3,(H,23,26). The van der Waals surface area contributed by atoms with Gasteiger partial charge in [-0.2, -0.15) is 0 Å². The van der Waals surface area contributed by atoms with Crippen LogP contribution in [0.25, 0.3) is 11.1 Å². The topological polar surface area (TPSA) is 61.9 Å². The normalized spacial score (nSPS) is 19.7. The highest BCUT2D eigenvalue weighted by Crippen LogP contribution is 2.36. The molecule has 1 aromatic carbocycles. The third-order valence-corrected chi connectivity index (χ3v) is 6.73. The number of fused-ring (bicyclic) bond motifs is 1. The molecule has 1 N–H and O–H groups in total.